The van der Waals surface area contributed by atoms with Gasteiger partial charge in [-0.1, -0.05) is 19.1 Å². The van der Waals surface area contributed by atoms with Gasteiger partial charge in [-0.2, -0.15) is 0 Å². The number of nitrogens with one attached hydrogen (secondary N) is 1. The van der Waals surface area contributed by atoms with Gasteiger partial charge in [-0.3, -0.25) is 0 Å². The Morgan fingerprint density at radius 3 is 2.77 bits per heavy atom. The third-order valence-electron chi connectivity index (χ3n) is 3.67. The van der Waals surface area contributed by atoms with Gasteiger partial charge >= 0.3 is 6.09 Å². The molecule has 0 radical (unpaired) electrons. The molecule has 1 aliphatic heterocycles. The van der Waals surface area contributed by atoms with Gasteiger partial charge in [0.15, 0.2) is 11.5 Å². The Morgan fingerprint density at radius 1 is 1.41 bits per heavy atom. The van der Waals surface area contributed by atoms with Crippen molar-refractivity contribution in [2.75, 3.05) is 20.3 Å². The molecule has 1 unspecified atom stereocenters. The molecule has 0 aromatic heterocycles. The van der Waals surface area contributed by atoms with Crippen molar-refractivity contribution in [2.24, 2.45) is 5.92 Å². The SMILES string of the molecule is COc1cccc2c1OCC(C)[C@H]2CNC(=O)OC(C)(C)C. The molecule has 2 atom stereocenters. The first-order chi connectivity index (χ1) is 10.3. The molecule has 22 heavy (non-hydrogen) atoms. The zero-order chi connectivity index (χ0) is 16.3. The van der Waals surface area contributed by atoms with E-state index < -0.39 is 11.7 Å². The van der Waals surface area contributed by atoms with E-state index in [9.17, 15) is 4.79 Å². The summed E-state index contributed by atoms with van der Waals surface area (Å²) in [7, 11) is 1.63. The van der Waals surface area contributed by atoms with E-state index in [1.165, 1.54) is 0 Å². The van der Waals surface area contributed by atoms with E-state index >= 15 is 0 Å². The lowest BCUT2D eigenvalue weighted by Gasteiger charge is -2.32. The Morgan fingerprint density at radius 2 is 2.14 bits per heavy atom. The molecule has 1 heterocycles. The summed E-state index contributed by atoms with van der Waals surface area (Å²) in [6.45, 7) is 8.79. The van der Waals surface area contributed by atoms with Crippen LogP contribution < -0.4 is 14.8 Å². The van der Waals surface area contributed by atoms with Crippen LogP contribution in [0.5, 0.6) is 11.5 Å². The van der Waals surface area contributed by atoms with Gasteiger partial charge < -0.3 is 19.5 Å². The molecule has 0 spiro atoms. The third kappa shape index (κ3) is 3.84. The van der Waals surface area contributed by atoms with Crippen LogP contribution in [-0.2, 0) is 4.74 Å². The van der Waals surface area contributed by atoms with Gasteiger partial charge in [0.2, 0.25) is 0 Å². The number of ether oxygens (including phenoxy) is 3. The number of carbonyl (C=O) groups excluding carboxylic acids is 1. The van der Waals surface area contributed by atoms with Crippen LogP contribution in [0.2, 0.25) is 0 Å². The van der Waals surface area contributed by atoms with Crippen LogP contribution in [0.3, 0.4) is 0 Å². The second-order valence-electron chi connectivity index (χ2n) is 6.66. The Bertz CT molecular complexity index is 536. The highest BCUT2D eigenvalue weighted by atomic mass is 16.6. The minimum Gasteiger partial charge on any atom is -0.493 e. The summed E-state index contributed by atoms with van der Waals surface area (Å²) in [6, 6.07) is 5.85. The van der Waals surface area contributed by atoms with Crippen LogP contribution in [0, 0.1) is 5.92 Å². The largest absolute Gasteiger partial charge is 0.493 e. The predicted octanol–water partition coefficient (Wildman–Crippen LogP) is 3.33. The van der Waals surface area contributed by atoms with Crippen LogP contribution in [0.4, 0.5) is 4.79 Å². The topological polar surface area (TPSA) is 56.8 Å². The lowest BCUT2D eigenvalue weighted by molar-refractivity contribution is 0.0516. The van der Waals surface area contributed by atoms with Gasteiger partial charge in [-0.15, -0.1) is 0 Å². The van der Waals surface area contributed by atoms with Gasteiger partial charge in [0.25, 0.3) is 0 Å². The van der Waals surface area contributed by atoms with E-state index in [1.54, 1.807) is 7.11 Å². The predicted molar refractivity (Wildman–Crippen MR) is 84.6 cm³/mol. The first-order valence-corrected chi connectivity index (χ1v) is 7.58. The number of benzene rings is 1. The van der Waals surface area contributed by atoms with E-state index in [0.29, 0.717) is 19.1 Å². The molecule has 1 N–H and O–H groups in total. The average molecular weight is 307 g/mol. The number of methoxy groups -OCH3 is 1. The lowest BCUT2D eigenvalue weighted by Crippen LogP contribution is -2.38. The maximum absolute atomic E-state index is 11.9. The molecule has 5 heteroatoms. The van der Waals surface area contributed by atoms with Crippen LogP contribution in [0.1, 0.15) is 39.2 Å². The summed E-state index contributed by atoms with van der Waals surface area (Å²) in [5.41, 5.74) is 0.570. The molecule has 0 saturated heterocycles. The van der Waals surface area contributed by atoms with Gasteiger partial charge in [-0.05, 0) is 32.8 Å². The smallest absolute Gasteiger partial charge is 0.407 e. The van der Waals surface area contributed by atoms with E-state index in [0.717, 1.165) is 17.1 Å². The number of amides is 1. The van der Waals surface area contributed by atoms with Crippen LogP contribution in [0.25, 0.3) is 0 Å². The quantitative estimate of drug-likeness (QED) is 0.930. The van der Waals surface area contributed by atoms with E-state index in [2.05, 4.69) is 12.2 Å². The van der Waals surface area contributed by atoms with Crippen LogP contribution in [0.15, 0.2) is 18.2 Å². The molecule has 0 bridgehead atoms. The number of fused-ring (bicyclic) bond motifs is 1. The summed E-state index contributed by atoms with van der Waals surface area (Å²) in [5, 5.41) is 2.86. The maximum atomic E-state index is 11.9. The van der Waals surface area contributed by atoms with Crippen molar-refractivity contribution < 1.29 is 19.0 Å². The third-order valence-corrected chi connectivity index (χ3v) is 3.67. The fourth-order valence-electron chi connectivity index (χ4n) is 2.60. The first-order valence-electron chi connectivity index (χ1n) is 7.58. The minimum absolute atomic E-state index is 0.173. The molecule has 0 fully saturated rings. The Labute approximate surface area is 131 Å². The minimum atomic E-state index is -0.494. The van der Waals surface area contributed by atoms with Crippen molar-refractivity contribution >= 4 is 6.09 Å². The van der Waals surface area contributed by atoms with E-state index in [1.807, 2.05) is 39.0 Å². The van der Waals surface area contributed by atoms with Crippen molar-refractivity contribution in [1.29, 1.82) is 0 Å². The van der Waals surface area contributed by atoms with Gasteiger partial charge in [0.1, 0.15) is 5.60 Å². The van der Waals surface area contributed by atoms with E-state index in [-0.39, 0.29) is 5.92 Å². The Hall–Kier alpha value is -1.91. The Balaban J connectivity index is 2.10. The van der Waals surface area contributed by atoms with E-state index in [4.69, 9.17) is 14.2 Å². The molecule has 122 valence electrons. The summed E-state index contributed by atoms with van der Waals surface area (Å²) in [6.07, 6.45) is -0.393. The summed E-state index contributed by atoms with van der Waals surface area (Å²) in [4.78, 5) is 11.9. The van der Waals surface area contributed by atoms with Gasteiger partial charge in [0.05, 0.1) is 13.7 Å². The average Bonchev–Trinajstić information content (AvgIpc) is 2.43. The standard InChI is InChI=1S/C17H25NO4/c1-11-10-21-15-12(7-6-8-14(15)20-5)13(11)9-18-16(19)22-17(2,3)4/h6-8,11,13H,9-10H2,1-5H3,(H,18,19)/t11?,13-/m1/s1. The van der Waals surface area contributed by atoms with Crippen molar-refractivity contribution in [1.82, 2.24) is 5.32 Å². The van der Waals surface area contributed by atoms with Crippen LogP contribution >= 0.6 is 0 Å². The zero-order valence-corrected chi connectivity index (χ0v) is 13.9. The fourth-order valence-corrected chi connectivity index (χ4v) is 2.60. The highest BCUT2D eigenvalue weighted by molar-refractivity contribution is 5.67. The molecule has 1 aliphatic rings. The molecule has 1 aromatic carbocycles. The van der Waals surface area contributed by atoms with Crippen molar-refractivity contribution in [3.8, 4) is 11.5 Å². The number of alkyl carbamates (subject to hydrolysis) is 1. The fraction of sp³-hybridized carbons (Fsp3) is 0.588. The molecule has 2 rings (SSSR count). The highest BCUT2D eigenvalue weighted by Crippen LogP contribution is 2.42. The second kappa shape index (κ2) is 6.46. The van der Waals surface area contributed by atoms with Crippen molar-refractivity contribution in [3.63, 3.8) is 0 Å². The number of para-hydroxylation sites is 1. The van der Waals surface area contributed by atoms with Gasteiger partial charge in [0, 0.05) is 18.0 Å². The number of hydrogen-bond donors (Lipinski definition) is 1. The number of hydrogen-bond acceptors (Lipinski definition) is 4. The van der Waals surface area contributed by atoms with Gasteiger partial charge in [-0.25, -0.2) is 4.79 Å². The number of rotatable bonds is 3. The lowest BCUT2D eigenvalue weighted by atomic mass is 9.85. The molecule has 1 amide bonds. The van der Waals surface area contributed by atoms with Crippen molar-refractivity contribution in [3.05, 3.63) is 23.8 Å². The first kappa shape index (κ1) is 16.5. The molecular formula is C17H25NO4. The van der Waals surface area contributed by atoms with Crippen molar-refractivity contribution in [2.45, 2.75) is 39.2 Å². The molecule has 5 nitrogen and oxygen atoms in total. The maximum Gasteiger partial charge on any atom is 0.407 e. The summed E-state index contributed by atoms with van der Waals surface area (Å²) in [5.74, 6) is 1.98. The molecule has 0 aliphatic carbocycles. The second-order valence-corrected chi connectivity index (χ2v) is 6.66. The monoisotopic (exact) mass is 307 g/mol. The molecule has 0 saturated carbocycles. The zero-order valence-electron chi connectivity index (χ0n) is 13.9. The summed E-state index contributed by atoms with van der Waals surface area (Å²) >= 11 is 0. The van der Waals surface area contributed by atoms with Crippen LogP contribution in [-0.4, -0.2) is 32.0 Å². The normalized spacial score (nSPS) is 20.6. The highest BCUT2D eigenvalue weighted by Gasteiger charge is 2.30. The Kier molecular flexibility index (Phi) is 4.84. The molecular weight excluding hydrogens is 282 g/mol. The molecule has 1 aromatic rings. The summed E-state index contributed by atoms with van der Waals surface area (Å²) < 4.78 is 16.4. The number of carbonyl (C=O) groups is 1.